The van der Waals surface area contributed by atoms with E-state index < -0.39 is 0 Å². The van der Waals surface area contributed by atoms with Crippen molar-refractivity contribution in [3.63, 3.8) is 0 Å². The van der Waals surface area contributed by atoms with Gasteiger partial charge >= 0.3 is 0 Å². The van der Waals surface area contributed by atoms with Crippen LogP contribution >= 0.6 is 0 Å². The standard InChI is InChI=1S/C5H7BN2/c1-4-5(6)7-3-8(4)2/h3H,1-2H3. The van der Waals surface area contributed by atoms with Gasteiger partial charge in [-0.1, -0.05) is 0 Å². The Hall–Kier alpha value is -0.725. The molecule has 0 aliphatic carbocycles. The van der Waals surface area contributed by atoms with Gasteiger partial charge in [0.15, 0.2) is 0 Å². The molecule has 3 heteroatoms. The van der Waals surface area contributed by atoms with Crippen LogP contribution in [0.5, 0.6) is 0 Å². The molecule has 0 aliphatic heterocycles. The van der Waals surface area contributed by atoms with Crippen LogP contribution in [-0.2, 0) is 7.05 Å². The van der Waals surface area contributed by atoms with E-state index in [-0.39, 0.29) is 0 Å². The molecular weight excluding hydrogens is 98.9 g/mol. The van der Waals surface area contributed by atoms with Crippen LogP contribution in [0.4, 0.5) is 0 Å². The minimum Gasteiger partial charge on any atom is -0.339 e. The Morgan fingerprint density at radius 2 is 2.38 bits per heavy atom. The van der Waals surface area contributed by atoms with Crippen molar-refractivity contribution >= 4 is 13.4 Å². The van der Waals surface area contributed by atoms with Gasteiger partial charge in [-0.3, -0.25) is 4.98 Å². The number of hydrogen-bond donors (Lipinski definition) is 0. The Bertz CT molecular complexity index is 173. The Balaban J connectivity index is 3.19. The summed E-state index contributed by atoms with van der Waals surface area (Å²) < 4.78 is 1.88. The van der Waals surface area contributed by atoms with E-state index in [0.29, 0.717) is 5.59 Å². The first-order valence-corrected chi connectivity index (χ1v) is 2.45. The van der Waals surface area contributed by atoms with Crippen LogP contribution in [0.1, 0.15) is 5.69 Å². The second-order valence-electron chi connectivity index (χ2n) is 1.83. The second-order valence-corrected chi connectivity index (χ2v) is 1.83. The highest BCUT2D eigenvalue weighted by Crippen LogP contribution is 1.85. The maximum atomic E-state index is 5.41. The Labute approximate surface area is 50.0 Å². The van der Waals surface area contributed by atoms with E-state index in [0.717, 1.165) is 5.69 Å². The van der Waals surface area contributed by atoms with Crippen molar-refractivity contribution in [3.05, 3.63) is 12.0 Å². The SMILES string of the molecule is [B]c1ncn(C)c1C. The molecule has 1 heterocycles. The molecule has 0 atom stereocenters. The third-order valence-corrected chi connectivity index (χ3v) is 1.27. The van der Waals surface area contributed by atoms with E-state index >= 15 is 0 Å². The van der Waals surface area contributed by atoms with Gasteiger partial charge in [0.1, 0.15) is 7.85 Å². The average molecular weight is 106 g/mol. The van der Waals surface area contributed by atoms with Crippen LogP contribution in [-0.4, -0.2) is 17.4 Å². The summed E-state index contributed by atoms with van der Waals surface area (Å²) >= 11 is 0. The minimum atomic E-state index is 0.618. The largest absolute Gasteiger partial charge is 0.339 e. The third kappa shape index (κ3) is 0.640. The fourth-order valence-corrected chi connectivity index (χ4v) is 0.510. The predicted molar refractivity (Wildman–Crippen MR) is 33.3 cm³/mol. The zero-order valence-corrected chi connectivity index (χ0v) is 5.05. The average Bonchev–Trinajstić information content (AvgIpc) is 1.98. The van der Waals surface area contributed by atoms with Crippen LogP contribution in [0, 0.1) is 6.92 Å². The monoisotopic (exact) mass is 106 g/mol. The van der Waals surface area contributed by atoms with Crippen molar-refractivity contribution in [2.45, 2.75) is 6.92 Å². The highest BCUT2D eigenvalue weighted by atomic mass is 15.0. The number of rotatable bonds is 0. The van der Waals surface area contributed by atoms with Crippen molar-refractivity contribution in [1.29, 1.82) is 0 Å². The van der Waals surface area contributed by atoms with Gasteiger partial charge in [0.2, 0.25) is 0 Å². The normalized spacial score (nSPS) is 9.75. The summed E-state index contributed by atoms with van der Waals surface area (Å²) in [5, 5.41) is 0. The summed E-state index contributed by atoms with van der Waals surface area (Å²) in [4.78, 5) is 3.86. The molecule has 0 N–H and O–H groups in total. The van der Waals surface area contributed by atoms with E-state index in [1.165, 1.54) is 0 Å². The van der Waals surface area contributed by atoms with E-state index in [1.54, 1.807) is 6.33 Å². The van der Waals surface area contributed by atoms with Gasteiger partial charge in [-0.2, -0.15) is 0 Å². The first kappa shape index (κ1) is 5.41. The lowest BCUT2D eigenvalue weighted by Crippen LogP contribution is -2.07. The summed E-state index contributed by atoms with van der Waals surface area (Å²) in [6.45, 7) is 1.93. The lowest BCUT2D eigenvalue weighted by atomic mass is 10.0. The molecule has 0 amide bonds. The van der Waals surface area contributed by atoms with Crippen LogP contribution < -0.4 is 5.59 Å². The van der Waals surface area contributed by atoms with Crippen LogP contribution in [0.15, 0.2) is 6.33 Å². The predicted octanol–water partition coefficient (Wildman–Crippen LogP) is -0.478. The Kier molecular flexibility index (Phi) is 1.12. The van der Waals surface area contributed by atoms with Crippen LogP contribution in [0.2, 0.25) is 0 Å². The second kappa shape index (κ2) is 1.65. The first-order valence-electron chi connectivity index (χ1n) is 2.45. The lowest BCUT2D eigenvalue weighted by Gasteiger charge is -1.91. The fraction of sp³-hybridized carbons (Fsp3) is 0.400. The number of nitrogens with zero attached hydrogens (tertiary/aromatic N) is 2. The molecule has 2 radical (unpaired) electrons. The quantitative estimate of drug-likeness (QED) is 0.408. The van der Waals surface area contributed by atoms with Gasteiger partial charge in [-0.25, -0.2) is 0 Å². The molecule has 0 saturated carbocycles. The Morgan fingerprint density at radius 1 is 1.75 bits per heavy atom. The number of imidazole rings is 1. The van der Waals surface area contributed by atoms with Crippen molar-refractivity contribution in [2.24, 2.45) is 7.05 Å². The van der Waals surface area contributed by atoms with E-state index in [2.05, 4.69) is 4.98 Å². The molecule has 1 aromatic heterocycles. The van der Waals surface area contributed by atoms with Gasteiger partial charge in [0, 0.05) is 18.3 Å². The lowest BCUT2D eigenvalue weighted by molar-refractivity contribution is 0.875. The summed E-state index contributed by atoms with van der Waals surface area (Å²) in [7, 11) is 7.32. The molecular formula is C5H7BN2. The molecule has 0 bridgehead atoms. The van der Waals surface area contributed by atoms with Gasteiger partial charge in [-0.05, 0) is 6.92 Å². The molecule has 0 unspecified atom stereocenters. The first-order chi connectivity index (χ1) is 3.72. The molecule has 40 valence electrons. The number of hydrogen-bond acceptors (Lipinski definition) is 1. The zero-order valence-electron chi connectivity index (χ0n) is 5.05. The van der Waals surface area contributed by atoms with Crippen LogP contribution in [0.25, 0.3) is 0 Å². The van der Waals surface area contributed by atoms with Crippen molar-refractivity contribution in [3.8, 4) is 0 Å². The molecule has 0 fully saturated rings. The molecule has 2 nitrogen and oxygen atoms in total. The van der Waals surface area contributed by atoms with E-state index in [4.69, 9.17) is 7.85 Å². The molecule has 8 heavy (non-hydrogen) atoms. The third-order valence-electron chi connectivity index (χ3n) is 1.27. The molecule has 0 saturated heterocycles. The highest BCUT2D eigenvalue weighted by molar-refractivity contribution is 6.31. The van der Waals surface area contributed by atoms with Crippen molar-refractivity contribution < 1.29 is 0 Å². The molecule has 0 spiro atoms. The number of aromatic nitrogens is 2. The zero-order chi connectivity index (χ0) is 6.15. The van der Waals surface area contributed by atoms with Gasteiger partial charge < -0.3 is 4.57 Å². The number of aryl methyl sites for hydroxylation is 1. The fourth-order valence-electron chi connectivity index (χ4n) is 0.510. The summed E-state index contributed by atoms with van der Waals surface area (Å²) in [6, 6.07) is 0. The van der Waals surface area contributed by atoms with Crippen LogP contribution in [0.3, 0.4) is 0 Å². The topological polar surface area (TPSA) is 17.8 Å². The highest BCUT2D eigenvalue weighted by Gasteiger charge is 1.93. The van der Waals surface area contributed by atoms with Gasteiger partial charge in [0.05, 0.1) is 6.33 Å². The molecule has 0 aliphatic rings. The molecule has 1 rings (SSSR count). The smallest absolute Gasteiger partial charge is 0.144 e. The van der Waals surface area contributed by atoms with E-state index in [9.17, 15) is 0 Å². The maximum Gasteiger partial charge on any atom is 0.144 e. The minimum absolute atomic E-state index is 0.618. The van der Waals surface area contributed by atoms with Crippen molar-refractivity contribution in [1.82, 2.24) is 9.55 Å². The summed E-state index contributed by atoms with van der Waals surface area (Å²) in [5.41, 5.74) is 1.64. The Morgan fingerprint density at radius 3 is 2.50 bits per heavy atom. The molecule has 0 aromatic carbocycles. The van der Waals surface area contributed by atoms with Gasteiger partial charge in [0.25, 0.3) is 0 Å². The van der Waals surface area contributed by atoms with Crippen molar-refractivity contribution in [2.75, 3.05) is 0 Å². The molecule has 1 aromatic rings. The summed E-state index contributed by atoms with van der Waals surface area (Å²) in [5.74, 6) is 0. The summed E-state index contributed by atoms with van der Waals surface area (Å²) in [6.07, 6.45) is 1.70. The maximum absolute atomic E-state index is 5.41. The van der Waals surface area contributed by atoms with Gasteiger partial charge in [-0.15, -0.1) is 0 Å². The van der Waals surface area contributed by atoms with E-state index in [1.807, 2.05) is 18.5 Å².